The molecule has 1 N–H and O–H groups in total. The van der Waals surface area contributed by atoms with Gasteiger partial charge in [0.1, 0.15) is 0 Å². The molecule has 0 fully saturated rings. The SMILES string of the molecule is CC(C)(Cn1nnnc1C(F)(F)F)C(=O)O. The van der Waals surface area contributed by atoms with E-state index in [-0.39, 0.29) is 0 Å². The third-order valence-electron chi connectivity index (χ3n) is 1.91. The molecule has 0 saturated carbocycles. The Balaban J connectivity index is 3.00. The van der Waals surface area contributed by atoms with Gasteiger partial charge in [0.15, 0.2) is 0 Å². The van der Waals surface area contributed by atoms with Crippen LogP contribution < -0.4 is 0 Å². The molecule has 0 aromatic carbocycles. The van der Waals surface area contributed by atoms with Crippen molar-refractivity contribution in [1.29, 1.82) is 0 Å². The monoisotopic (exact) mass is 238 g/mol. The molecule has 1 aromatic rings. The number of alkyl halides is 3. The van der Waals surface area contributed by atoms with Crippen molar-refractivity contribution in [3.8, 4) is 0 Å². The van der Waals surface area contributed by atoms with Crippen LogP contribution in [0.2, 0.25) is 0 Å². The van der Waals surface area contributed by atoms with Crippen LogP contribution in [0.5, 0.6) is 0 Å². The molecule has 1 rings (SSSR count). The molecule has 1 aromatic heterocycles. The highest BCUT2D eigenvalue weighted by atomic mass is 19.4. The van der Waals surface area contributed by atoms with Crippen molar-refractivity contribution in [2.75, 3.05) is 0 Å². The number of carboxylic acid groups (broad SMARTS) is 1. The van der Waals surface area contributed by atoms with Crippen molar-refractivity contribution in [3.05, 3.63) is 5.82 Å². The number of tetrazole rings is 1. The van der Waals surface area contributed by atoms with E-state index in [1.54, 1.807) is 0 Å². The number of aliphatic carboxylic acids is 1. The van der Waals surface area contributed by atoms with Crippen molar-refractivity contribution < 1.29 is 23.1 Å². The van der Waals surface area contributed by atoms with Crippen LogP contribution in [0.1, 0.15) is 19.7 Å². The molecular weight excluding hydrogens is 229 g/mol. The number of hydrogen-bond acceptors (Lipinski definition) is 4. The third-order valence-corrected chi connectivity index (χ3v) is 1.91. The maximum atomic E-state index is 12.3. The van der Waals surface area contributed by atoms with Crippen LogP contribution in [0.4, 0.5) is 13.2 Å². The first-order valence-electron chi connectivity index (χ1n) is 4.21. The first kappa shape index (κ1) is 12.4. The summed E-state index contributed by atoms with van der Waals surface area (Å²) in [5, 5.41) is 17.6. The van der Waals surface area contributed by atoms with Gasteiger partial charge < -0.3 is 5.11 Å². The van der Waals surface area contributed by atoms with E-state index in [0.29, 0.717) is 4.68 Å². The number of carbonyl (C=O) groups is 1. The van der Waals surface area contributed by atoms with Crippen LogP contribution in [0.3, 0.4) is 0 Å². The van der Waals surface area contributed by atoms with E-state index in [9.17, 15) is 18.0 Å². The maximum absolute atomic E-state index is 12.3. The Kier molecular flexibility index (Phi) is 2.89. The molecule has 9 heteroatoms. The van der Waals surface area contributed by atoms with Crippen molar-refractivity contribution in [3.63, 3.8) is 0 Å². The second-order valence-corrected chi connectivity index (χ2v) is 3.85. The zero-order valence-corrected chi connectivity index (χ0v) is 8.49. The number of carboxylic acids is 1. The Morgan fingerprint density at radius 1 is 1.44 bits per heavy atom. The summed E-state index contributed by atoms with van der Waals surface area (Å²) in [5.41, 5.74) is -1.38. The van der Waals surface area contributed by atoms with E-state index >= 15 is 0 Å². The van der Waals surface area contributed by atoms with Gasteiger partial charge in [-0.3, -0.25) is 4.79 Å². The van der Waals surface area contributed by atoms with Gasteiger partial charge in [-0.15, -0.1) is 5.10 Å². The Labute approximate surface area is 88.1 Å². The normalized spacial score (nSPS) is 12.8. The van der Waals surface area contributed by atoms with Gasteiger partial charge in [0, 0.05) is 0 Å². The smallest absolute Gasteiger partial charge is 0.453 e. The third kappa shape index (κ3) is 2.47. The summed E-state index contributed by atoms with van der Waals surface area (Å²) >= 11 is 0. The fourth-order valence-electron chi connectivity index (χ4n) is 0.956. The number of nitrogens with zero attached hydrogens (tertiary/aromatic N) is 4. The van der Waals surface area contributed by atoms with Crippen molar-refractivity contribution in [2.45, 2.75) is 26.6 Å². The van der Waals surface area contributed by atoms with Crippen LogP contribution >= 0.6 is 0 Å². The first-order chi connectivity index (χ1) is 7.14. The summed E-state index contributed by atoms with van der Waals surface area (Å²) in [4.78, 5) is 10.7. The minimum atomic E-state index is -4.70. The van der Waals surface area contributed by atoms with E-state index in [4.69, 9.17) is 5.11 Å². The number of aromatic nitrogens is 4. The predicted molar refractivity (Wildman–Crippen MR) is 44.2 cm³/mol. The number of rotatable bonds is 3. The van der Waals surface area contributed by atoms with Crippen LogP contribution in [0.25, 0.3) is 0 Å². The van der Waals surface area contributed by atoms with E-state index in [0.717, 1.165) is 0 Å². The fourth-order valence-corrected chi connectivity index (χ4v) is 0.956. The lowest BCUT2D eigenvalue weighted by atomic mass is 9.94. The van der Waals surface area contributed by atoms with Gasteiger partial charge in [-0.25, -0.2) is 4.68 Å². The zero-order chi connectivity index (χ0) is 12.6. The molecule has 0 atom stereocenters. The van der Waals surface area contributed by atoms with Gasteiger partial charge in [0.05, 0.1) is 12.0 Å². The minimum absolute atomic E-state index is 0.439. The second-order valence-electron chi connectivity index (χ2n) is 3.85. The molecule has 1 heterocycles. The van der Waals surface area contributed by atoms with Gasteiger partial charge in [-0.2, -0.15) is 13.2 Å². The van der Waals surface area contributed by atoms with Crippen molar-refractivity contribution in [2.24, 2.45) is 5.41 Å². The molecule has 0 unspecified atom stereocenters. The quantitative estimate of drug-likeness (QED) is 0.842. The first-order valence-corrected chi connectivity index (χ1v) is 4.21. The largest absolute Gasteiger partial charge is 0.481 e. The van der Waals surface area contributed by atoms with E-state index < -0.39 is 29.9 Å². The average Bonchev–Trinajstić information content (AvgIpc) is 2.49. The lowest BCUT2D eigenvalue weighted by Gasteiger charge is -2.19. The predicted octanol–water partition coefficient (Wildman–Crippen LogP) is 0.803. The molecule has 0 aliphatic rings. The van der Waals surface area contributed by atoms with Crippen LogP contribution in [-0.4, -0.2) is 31.3 Å². The molecule has 0 saturated heterocycles. The molecule has 0 aliphatic heterocycles. The zero-order valence-electron chi connectivity index (χ0n) is 8.49. The van der Waals surface area contributed by atoms with Crippen LogP contribution in [0, 0.1) is 5.41 Å². The van der Waals surface area contributed by atoms with E-state index in [2.05, 4.69) is 15.5 Å². The summed E-state index contributed by atoms with van der Waals surface area (Å²) in [6.45, 7) is 2.12. The van der Waals surface area contributed by atoms with Gasteiger partial charge in [-0.1, -0.05) is 0 Å². The standard InChI is InChI=1S/C7H9F3N4O2/c1-6(2,5(15)16)3-14-4(7(8,9)10)11-12-13-14/h3H2,1-2H3,(H,15,16). The molecule has 6 nitrogen and oxygen atoms in total. The second kappa shape index (κ2) is 3.72. The molecule has 0 bridgehead atoms. The van der Waals surface area contributed by atoms with Crippen LogP contribution in [0.15, 0.2) is 0 Å². The Hall–Kier alpha value is -1.67. The molecule has 16 heavy (non-hydrogen) atoms. The topological polar surface area (TPSA) is 80.9 Å². The highest BCUT2D eigenvalue weighted by Gasteiger charge is 2.40. The van der Waals surface area contributed by atoms with Gasteiger partial charge in [-0.05, 0) is 24.3 Å². The molecule has 0 spiro atoms. The maximum Gasteiger partial charge on any atom is 0.453 e. The average molecular weight is 238 g/mol. The lowest BCUT2D eigenvalue weighted by molar-refractivity contribution is -0.153. The fraction of sp³-hybridized carbons (Fsp3) is 0.714. The molecular formula is C7H9F3N4O2. The molecule has 0 amide bonds. The van der Waals surface area contributed by atoms with Crippen molar-refractivity contribution >= 4 is 5.97 Å². The highest BCUT2D eigenvalue weighted by molar-refractivity contribution is 5.73. The summed E-state index contributed by atoms with van der Waals surface area (Å²) in [6.07, 6.45) is -4.70. The van der Waals surface area contributed by atoms with Crippen molar-refractivity contribution in [1.82, 2.24) is 20.2 Å². The minimum Gasteiger partial charge on any atom is -0.481 e. The lowest BCUT2D eigenvalue weighted by Crippen LogP contribution is -2.31. The van der Waals surface area contributed by atoms with Gasteiger partial charge >= 0.3 is 12.1 Å². The summed E-state index contributed by atoms with van der Waals surface area (Å²) in [7, 11) is 0. The molecule has 90 valence electrons. The summed E-state index contributed by atoms with van der Waals surface area (Å²) in [6, 6.07) is 0. The Bertz CT molecular complexity index is 399. The Morgan fingerprint density at radius 3 is 2.44 bits per heavy atom. The summed E-state index contributed by atoms with van der Waals surface area (Å²) in [5.74, 6) is -2.53. The van der Waals surface area contributed by atoms with Gasteiger partial charge in [0.2, 0.25) is 0 Å². The molecule has 0 radical (unpaired) electrons. The number of halogens is 3. The van der Waals surface area contributed by atoms with Gasteiger partial charge in [0.25, 0.3) is 5.82 Å². The van der Waals surface area contributed by atoms with E-state index in [1.165, 1.54) is 13.8 Å². The number of hydrogen-bond donors (Lipinski definition) is 1. The van der Waals surface area contributed by atoms with E-state index in [1.807, 2.05) is 0 Å². The highest BCUT2D eigenvalue weighted by Crippen LogP contribution is 2.28. The summed E-state index contributed by atoms with van der Waals surface area (Å²) < 4.78 is 37.5. The van der Waals surface area contributed by atoms with Crippen LogP contribution in [-0.2, 0) is 17.5 Å². The Morgan fingerprint density at radius 2 is 2.00 bits per heavy atom. The molecule has 0 aliphatic carbocycles.